The number of nitrogens with one attached hydrogen (secondary N) is 3. The topological polar surface area (TPSA) is 317 Å². The molecule has 6 unspecified atom stereocenters. The summed E-state index contributed by atoms with van der Waals surface area (Å²) in [5, 5.41) is 44.1. The van der Waals surface area contributed by atoms with E-state index in [-0.39, 0.29) is 56.2 Å². The molecule has 6 N–H and O–H groups in total. The van der Waals surface area contributed by atoms with Gasteiger partial charge in [0.15, 0.2) is 33.3 Å². The van der Waals surface area contributed by atoms with E-state index in [0.717, 1.165) is 17.3 Å². The lowest BCUT2D eigenvalue weighted by molar-refractivity contribution is -0.149. The first-order valence-electron chi connectivity index (χ1n) is 32.5. The molecule has 0 bridgehead atoms. The predicted octanol–water partition coefficient (Wildman–Crippen LogP) is 10.0. The van der Waals surface area contributed by atoms with E-state index in [2.05, 4.69) is 78.7 Å². The fourth-order valence-electron chi connectivity index (χ4n) is 11.9. The Morgan fingerprint density at radius 3 is 1.31 bits per heavy atom. The number of imidazole rings is 1. The maximum Gasteiger partial charge on any atom is 0.338 e. The van der Waals surface area contributed by atoms with Gasteiger partial charge in [0.05, 0.1) is 36.5 Å². The second-order valence-electron chi connectivity index (χ2n) is 23.7. The molecule has 6 aliphatic heterocycles. The number of aryl methyl sites for hydroxylation is 1. The van der Waals surface area contributed by atoms with E-state index in [1.807, 2.05) is 32.5 Å². The summed E-state index contributed by atoms with van der Waals surface area (Å²) >= 11 is 17.8. The maximum absolute atomic E-state index is 13.9. The summed E-state index contributed by atoms with van der Waals surface area (Å²) in [6, 6.07) is 8.80. The van der Waals surface area contributed by atoms with E-state index in [0.29, 0.717) is 117 Å². The van der Waals surface area contributed by atoms with Crippen molar-refractivity contribution < 1.29 is 71.5 Å². The number of nitrogens with zero attached hydrogens (tertiary/aromatic N) is 10. The van der Waals surface area contributed by atoms with Crippen LogP contribution in [0.1, 0.15) is 78.4 Å². The van der Waals surface area contributed by atoms with E-state index in [1.165, 1.54) is 59.1 Å². The van der Waals surface area contributed by atoms with Crippen molar-refractivity contribution in [3.05, 3.63) is 187 Å². The molecule has 12 rings (SSSR count). The molecule has 36 heteroatoms. The molecule has 3 saturated heterocycles. The van der Waals surface area contributed by atoms with Gasteiger partial charge >= 0.3 is 35.8 Å². The van der Waals surface area contributed by atoms with Gasteiger partial charge in [-0.15, -0.1) is 22.7 Å². The summed E-state index contributed by atoms with van der Waals surface area (Å²) in [6.07, 6.45) is 6.71. The third kappa shape index (κ3) is 18.7. The lowest BCUT2D eigenvalue weighted by Crippen LogP contribution is -2.59. The number of carboxylic acids is 3. The van der Waals surface area contributed by atoms with E-state index in [4.69, 9.17) is 29.2 Å². The predicted molar refractivity (Wildman–Crippen MR) is 404 cm³/mol. The Morgan fingerprint density at radius 2 is 0.952 bits per heavy atom. The van der Waals surface area contributed by atoms with Gasteiger partial charge in [0.2, 0.25) is 0 Å². The number of rotatable bonds is 21. The third-order valence-corrected chi connectivity index (χ3v) is 24.0. The van der Waals surface area contributed by atoms with E-state index >= 15 is 0 Å². The smallest absolute Gasteiger partial charge is 0.338 e. The number of carboxylic acid groups (broad SMARTS) is 3. The Kier molecular flexibility index (Phi) is 27.7. The van der Waals surface area contributed by atoms with Crippen molar-refractivity contribution in [3.63, 3.8) is 0 Å². The Bertz CT molecular complexity index is 4400. The summed E-state index contributed by atoms with van der Waals surface area (Å²) in [7, 11) is 1.82. The highest BCUT2D eigenvalue weighted by atomic mass is 79.9. The molecule has 3 aromatic heterocycles. The molecule has 6 aliphatic rings. The lowest BCUT2D eigenvalue weighted by atomic mass is 9.94. The van der Waals surface area contributed by atoms with Gasteiger partial charge in [-0.1, -0.05) is 66.0 Å². The molecular formula is C68H71Br3F3N13O12S5. The molecule has 0 saturated carbocycles. The Balaban J connectivity index is 0.000000167. The van der Waals surface area contributed by atoms with Crippen molar-refractivity contribution >= 4 is 159 Å². The molecule has 0 radical (unpaired) electrons. The zero-order valence-corrected chi connectivity index (χ0v) is 65.3. The minimum atomic E-state index is -1.11. The summed E-state index contributed by atoms with van der Waals surface area (Å²) in [5.74, 6) is -0.216. The van der Waals surface area contributed by atoms with Crippen molar-refractivity contribution in [2.75, 3.05) is 93.6 Å². The molecule has 3 aromatic carbocycles. The van der Waals surface area contributed by atoms with Crippen molar-refractivity contribution in [3.8, 4) is 0 Å². The molecule has 6 atom stereocenters. The molecule has 0 spiro atoms. The Hall–Kier alpha value is -7.26. The number of benzene rings is 3. The molecular weight excluding hydrogens is 1650 g/mol. The van der Waals surface area contributed by atoms with Crippen molar-refractivity contribution in [2.24, 2.45) is 22.0 Å². The average Bonchev–Trinajstić information content (AvgIpc) is 1.02. The van der Waals surface area contributed by atoms with Crippen LogP contribution >= 0.6 is 106 Å². The van der Waals surface area contributed by atoms with Gasteiger partial charge in [0.1, 0.15) is 53.2 Å². The number of thioether (sulfide) groups is 3. The van der Waals surface area contributed by atoms with Gasteiger partial charge in [0, 0.05) is 147 Å². The molecule has 0 amide bonds. The highest BCUT2D eigenvalue weighted by molar-refractivity contribution is 9.11. The highest BCUT2D eigenvalue weighted by Crippen LogP contribution is 2.42. The van der Waals surface area contributed by atoms with Crippen LogP contribution in [0.25, 0.3) is 0 Å². The minimum Gasteiger partial charge on any atom is -0.480 e. The maximum atomic E-state index is 13.9. The first-order chi connectivity index (χ1) is 49.9. The third-order valence-electron chi connectivity index (χ3n) is 17.1. The van der Waals surface area contributed by atoms with Crippen LogP contribution < -0.4 is 16.0 Å². The number of hydrogen-bond acceptors (Lipinski definition) is 26. The van der Waals surface area contributed by atoms with Gasteiger partial charge in [-0.2, -0.15) is 35.3 Å². The van der Waals surface area contributed by atoms with Gasteiger partial charge in [-0.05, 0) is 80.8 Å². The number of aliphatic imine (C=N–C) groups is 3. The summed E-state index contributed by atoms with van der Waals surface area (Å²) in [6.45, 7) is 9.45. The zero-order chi connectivity index (χ0) is 74.5. The number of esters is 3. The fraction of sp³-hybridized carbons (Fsp3) is 0.382. The van der Waals surface area contributed by atoms with Crippen LogP contribution in [0.4, 0.5) is 13.2 Å². The molecule has 6 aromatic rings. The zero-order valence-electron chi connectivity index (χ0n) is 56.5. The first-order valence-corrected chi connectivity index (χ1v) is 40.1. The quantitative estimate of drug-likeness (QED) is 0.0288. The molecule has 104 heavy (non-hydrogen) atoms. The highest BCUT2D eigenvalue weighted by Gasteiger charge is 2.45. The molecule has 25 nitrogen and oxygen atoms in total. The summed E-state index contributed by atoms with van der Waals surface area (Å²) in [5.41, 5.74) is 2.86. The number of thiazole rings is 2. The number of halogens is 6. The summed E-state index contributed by atoms with van der Waals surface area (Å²) < 4.78 is 60.9. The standard InChI is InChI=1S/C23H25BrFN5O4S.C23H24BrFN4O4S2.C22H22BrFN4O4S2/c1-3-34-23(33)18-16(11-30-8-9-35-12-17(30)22(31)32)27-20(21-26-6-7-29(21)2)28-19(18)14-5-4-13(25)10-15(14)24;1-3-33-21(30)17-16(11-29-7-9-34-12-23(29,2)22(31)32)27-19(20-26-6-8-35-20)28-18(17)14-5-4-13(25)10-15(14)24;1-2-32-22(31)17-15(10-28-6-8-33-11-16(28)21(29)30)26-19(20-25-5-7-34-20)27-18(17)13-4-3-12(24)9-14(13)23/h4-7,10,17,19H,3,8-9,11-12H2,1-2H3,(H,27,28)(H,31,32);4-6,8,10,18H,3,7,9,11-12H2,1-2H3,(H,27,28)(H,31,32);3-5,7,9,16,18H,2,6,8,10-11H2,1H3,(H,26,27)(H,29,30). The van der Waals surface area contributed by atoms with Crippen LogP contribution in [0.2, 0.25) is 0 Å². The van der Waals surface area contributed by atoms with Gasteiger partial charge in [0.25, 0.3) is 0 Å². The first kappa shape index (κ1) is 79.3. The number of aromatic nitrogens is 4. The van der Waals surface area contributed by atoms with Crippen molar-refractivity contribution in [2.45, 2.75) is 63.4 Å². The van der Waals surface area contributed by atoms with Crippen molar-refractivity contribution in [1.82, 2.24) is 50.2 Å². The number of ether oxygens (including phenoxy) is 3. The SMILES string of the molecule is CCOC(=O)C1=C(CN2CCSCC2(C)C(=O)O)NC(c2nccs2)=NC1c1ccc(F)cc1Br.CCOC(=O)C1=C(CN2CCSCC2C(=O)O)NC(c2nccn2C)=NC1c1ccc(F)cc1Br.CCOC(=O)C1=C(CN2CCSCC2C(=O)O)NC(c2nccs2)=NC1c1ccc(F)cc1Br. The minimum absolute atomic E-state index is 0.154. The second-order valence-corrected chi connectivity index (χ2v) is 31.5. The number of hydrogen-bond donors (Lipinski definition) is 6. The van der Waals surface area contributed by atoms with Crippen LogP contribution in [0.3, 0.4) is 0 Å². The van der Waals surface area contributed by atoms with E-state index in [9.17, 15) is 57.3 Å². The second kappa shape index (κ2) is 36.4. The largest absolute Gasteiger partial charge is 0.480 e. The fourth-order valence-corrected chi connectivity index (χ4v) is 18.2. The molecule has 3 fully saturated rings. The monoisotopic (exact) mass is 1720 g/mol. The van der Waals surface area contributed by atoms with Gasteiger partial charge < -0.3 is 50.0 Å². The van der Waals surface area contributed by atoms with Crippen LogP contribution in [0.5, 0.6) is 0 Å². The average molecular weight is 1720 g/mol. The normalized spacial score (nSPS) is 21.6. The molecule has 552 valence electrons. The van der Waals surface area contributed by atoms with Crippen LogP contribution in [-0.2, 0) is 50.0 Å². The van der Waals surface area contributed by atoms with Gasteiger partial charge in [-0.25, -0.2) is 42.5 Å². The number of amidine groups is 3. The summed E-state index contributed by atoms with van der Waals surface area (Å²) in [4.78, 5) is 109. The number of aliphatic carboxylic acids is 3. The van der Waals surface area contributed by atoms with Crippen LogP contribution in [-0.4, -0.2) is 214 Å². The van der Waals surface area contributed by atoms with Gasteiger partial charge in [-0.3, -0.25) is 44.1 Å². The van der Waals surface area contributed by atoms with E-state index in [1.54, 1.807) is 111 Å². The Morgan fingerprint density at radius 1 is 0.558 bits per heavy atom. The number of carbonyl (C=O) groups excluding carboxylic acids is 3. The van der Waals surface area contributed by atoms with Crippen LogP contribution in [0.15, 0.2) is 152 Å². The Labute approximate surface area is 642 Å². The molecule has 0 aliphatic carbocycles. The number of carbonyl (C=O) groups is 6. The van der Waals surface area contributed by atoms with Crippen molar-refractivity contribution in [1.29, 1.82) is 0 Å². The van der Waals surface area contributed by atoms with E-state index < -0.39 is 89.0 Å². The van der Waals surface area contributed by atoms with Crippen LogP contribution in [0, 0.1) is 17.5 Å². The lowest BCUT2D eigenvalue weighted by Gasteiger charge is -2.42. The molecule has 9 heterocycles.